The van der Waals surface area contributed by atoms with Crippen LogP contribution in [0.2, 0.25) is 0 Å². The number of phenols is 1. The number of benzene rings is 3. The molecule has 2 atom stereocenters. The lowest BCUT2D eigenvalue weighted by Gasteiger charge is -2.37. The highest BCUT2D eigenvalue weighted by molar-refractivity contribution is 6.03. The molecule has 2 aliphatic rings. The molecule has 3 aromatic carbocycles. The topological polar surface area (TPSA) is 62.1 Å². The van der Waals surface area contributed by atoms with Gasteiger partial charge in [-0.2, -0.15) is 5.10 Å². The molecule has 3 aromatic rings. The summed E-state index contributed by atoms with van der Waals surface area (Å²) in [5.41, 5.74) is 3.50. The second-order valence-corrected chi connectivity index (χ2v) is 6.93. The van der Waals surface area contributed by atoms with Crippen molar-refractivity contribution in [1.29, 1.82) is 0 Å². The molecule has 0 radical (unpaired) electrons. The summed E-state index contributed by atoms with van der Waals surface area (Å²) < 4.78 is 6.08. The zero-order valence-electron chi connectivity index (χ0n) is 15.0. The fourth-order valence-electron chi connectivity index (χ4n) is 3.78. The van der Waals surface area contributed by atoms with Crippen molar-refractivity contribution in [1.82, 2.24) is 5.01 Å². The first kappa shape index (κ1) is 16.6. The van der Waals surface area contributed by atoms with Crippen LogP contribution in [0.15, 0.2) is 84.0 Å². The molecule has 1 N–H and O–H groups in total. The van der Waals surface area contributed by atoms with Gasteiger partial charge >= 0.3 is 0 Å². The van der Waals surface area contributed by atoms with Crippen LogP contribution < -0.4 is 4.74 Å². The molecule has 5 nitrogen and oxygen atoms in total. The molecule has 0 spiro atoms. The van der Waals surface area contributed by atoms with Gasteiger partial charge in [-0.15, -0.1) is 0 Å². The number of carbonyl (C=O) groups is 1. The van der Waals surface area contributed by atoms with Crippen LogP contribution in [0.1, 0.15) is 33.9 Å². The van der Waals surface area contributed by atoms with E-state index in [-0.39, 0.29) is 17.6 Å². The van der Waals surface area contributed by atoms with Crippen molar-refractivity contribution in [2.75, 3.05) is 0 Å². The number of para-hydroxylation sites is 1. The Bertz CT molecular complexity index is 1060. The standard InChI is InChI=1S/C23H18N2O3/c26-17-12-10-16(11-13-17)22(27)23-25-20(18-8-4-5-9-21(18)28-23)14-19(24-25)15-6-2-1-3-7-15/h1-13,20,23,26H,14H2/t20-,23-/m1/s1. The first-order chi connectivity index (χ1) is 13.7. The van der Waals surface area contributed by atoms with Gasteiger partial charge in [0.05, 0.1) is 11.8 Å². The van der Waals surface area contributed by atoms with E-state index >= 15 is 0 Å². The molecule has 0 unspecified atom stereocenters. The molecule has 2 aliphatic heterocycles. The summed E-state index contributed by atoms with van der Waals surface area (Å²) in [6.45, 7) is 0. The third-order valence-corrected chi connectivity index (χ3v) is 5.18. The Morgan fingerprint density at radius 2 is 1.68 bits per heavy atom. The van der Waals surface area contributed by atoms with Gasteiger partial charge in [-0.1, -0.05) is 48.5 Å². The number of nitrogens with zero attached hydrogens (tertiary/aromatic N) is 2. The van der Waals surface area contributed by atoms with Crippen LogP contribution in [-0.4, -0.2) is 27.8 Å². The Balaban J connectivity index is 1.56. The maximum absolute atomic E-state index is 13.2. The average Bonchev–Trinajstić information content (AvgIpc) is 3.20. The van der Waals surface area contributed by atoms with Gasteiger partial charge in [0.1, 0.15) is 11.5 Å². The zero-order chi connectivity index (χ0) is 19.1. The maximum atomic E-state index is 13.2. The lowest BCUT2D eigenvalue weighted by molar-refractivity contribution is -0.00455. The molecule has 0 saturated carbocycles. The van der Waals surface area contributed by atoms with E-state index in [0.717, 1.165) is 16.8 Å². The number of rotatable bonds is 3. The number of ether oxygens (including phenoxy) is 1. The minimum absolute atomic E-state index is 0.0498. The van der Waals surface area contributed by atoms with Gasteiger partial charge in [0.15, 0.2) is 0 Å². The first-order valence-electron chi connectivity index (χ1n) is 9.21. The van der Waals surface area contributed by atoms with Gasteiger partial charge in [0.2, 0.25) is 5.78 Å². The predicted octanol–water partition coefficient (Wildman–Crippen LogP) is 4.14. The number of carbonyl (C=O) groups excluding carboxylic acids is 1. The molecular weight excluding hydrogens is 352 g/mol. The van der Waals surface area contributed by atoms with Crippen LogP contribution in [0.3, 0.4) is 0 Å². The van der Waals surface area contributed by atoms with E-state index in [9.17, 15) is 9.90 Å². The fraction of sp³-hybridized carbons (Fsp3) is 0.130. The molecule has 0 fully saturated rings. The van der Waals surface area contributed by atoms with Crippen LogP contribution >= 0.6 is 0 Å². The van der Waals surface area contributed by atoms with Crippen molar-refractivity contribution in [2.24, 2.45) is 5.10 Å². The molecule has 2 heterocycles. The van der Waals surface area contributed by atoms with E-state index in [1.54, 1.807) is 17.1 Å². The number of aromatic hydroxyl groups is 1. The van der Waals surface area contributed by atoms with Gasteiger partial charge in [0, 0.05) is 17.5 Å². The second kappa shape index (κ2) is 6.53. The van der Waals surface area contributed by atoms with Crippen molar-refractivity contribution in [3.63, 3.8) is 0 Å². The van der Waals surface area contributed by atoms with E-state index < -0.39 is 6.23 Å². The largest absolute Gasteiger partial charge is 0.508 e. The third-order valence-electron chi connectivity index (χ3n) is 5.18. The van der Waals surface area contributed by atoms with Crippen molar-refractivity contribution in [3.05, 3.63) is 95.6 Å². The van der Waals surface area contributed by atoms with E-state index in [1.165, 1.54) is 12.1 Å². The molecule has 0 aliphatic carbocycles. The summed E-state index contributed by atoms with van der Waals surface area (Å²) in [6.07, 6.45) is -0.130. The van der Waals surface area contributed by atoms with Crippen molar-refractivity contribution in [2.45, 2.75) is 18.7 Å². The zero-order valence-corrected chi connectivity index (χ0v) is 15.0. The minimum Gasteiger partial charge on any atom is -0.508 e. The molecule has 5 heteroatoms. The summed E-state index contributed by atoms with van der Waals surface area (Å²) in [6, 6.07) is 24.0. The number of hydrazone groups is 1. The van der Waals surface area contributed by atoms with Gasteiger partial charge in [0.25, 0.3) is 6.23 Å². The van der Waals surface area contributed by atoms with Gasteiger partial charge < -0.3 is 9.84 Å². The third kappa shape index (κ3) is 2.72. The molecule has 28 heavy (non-hydrogen) atoms. The van der Waals surface area contributed by atoms with Crippen molar-refractivity contribution >= 4 is 11.5 Å². The van der Waals surface area contributed by atoms with Crippen molar-refractivity contribution in [3.8, 4) is 11.5 Å². The number of Topliss-reactive ketones (excluding diaryl/α,β-unsaturated/α-hetero) is 1. The fourth-order valence-corrected chi connectivity index (χ4v) is 3.78. The quantitative estimate of drug-likeness (QED) is 0.704. The first-order valence-corrected chi connectivity index (χ1v) is 9.21. The molecule has 0 aromatic heterocycles. The van der Waals surface area contributed by atoms with E-state index in [1.807, 2.05) is 54.6 Å². The predicted molar refractivity (Wildman–Crippen MR) is 105 cm³/mol. The Morgan fingerprint density at radius 3 is 2.46 bits per heavy atom. The Labute approximate surface area is 162 Å². The van der Waals surface area contributed by atoms with Crippen molar-refractivity contribution < 1.29 is 14.6 Å². The summed E-state index contributed by atoms with van der Waals surface area (Å²) in [4.78, 5) is 13.2. The monoisotopic (exact) mass is 370 g/mol. The van der Waals surface area contributed by atoms with Gasteiger partial charge in [-0.05, 0) is 35.9 Å². The van der Waals surface area contributed by atoms with Crippen LogP contribution in [0.4, 0.5) is 0 Å². The minimum atomic E-state index is -0.842. The number of phenolic OH excluding ortho intramolecular Hbond substituents is 1. The lowest BCUT2D eigenvalue weighted by atomic mass is 9.96. The molecular formula is C23H18N2O3. The molecule has 5 rings (SSSR count). The summed E-state index contributed by atoms with van der Waals surface area (Å²) in [7, 11) is 0. The van der Waals surface area contributed by atoms with E-state index in [2.05, 4.69) is 0 Å². The maximum Gasteiger partial charge on any atom is 0.251 e. The van der Waals surface area contributed by atoms with Gasteiger partial charge in [-0.25, -0.2) is 5.01 Å². The van der Waals surface area contributed by atoms with Crippen LogP contribution in [0.25, 0.3) is 0 Å². The Hall–Kier alpha value is -3.60. The highest BCUT2D eigenvalue weighted by atomic mass is 16.5. The Morgan fingerprint density at radius 1 is 0.964 bits per heavy atom. The SMILES string of the molecule is O=C(c1ccc(O)cc1)[C@H]1Oc2ccccc2[C@H]2CC(c3ccccc3)=NN12. The molecule has 0 amide bonds. The van der Waals surface area contributed by atoms with Gasteiger partial charge in [-0.3, -0.25) is 4.79 Å². The van der Waals surface area contributed by atoms with Crippen LogP contribution in [0, 0.1) is 0 Å². The lowest BCUT2D eigenvalue weighted by Crippen LogP contribution is -2.45. The highest BCUT2D eigenvalue weighted by Gasteiger charge is 2.43. The number of fused-ring (bicyclic) bond motifs is 3. The summed E-state index contributed by atoms with van der Waals surface area (Å²) in [5.74, 6) is 0.651. The van der Waals surface area contributed by atoms with Crippen LogP contribution in [-0.2, 0) is 0 Å². The molecule has 138 valence electrons. The molecule has 0 bridgehead atoms. The second-order valence-electron chi connectivity index (χ2n) is 6.93. The number of hydrogen-bond donors (Lipinski definition) is 1. The summed E-state index contributed by atoms with van der Waals surface area (Å²) in [5, 5.41) is 16.1. The van der Waals surface area contributed by atoms with E-state index in [4.69, 9.17) is 9.84 Å². The highest BCUT2D eigenvalue weighted by Crippen LogP contribution is 2.43. The number of hydrogen-bond acceptors (Lipinski definition) is 5. The number of ketones is 1. The van der Waals surface area contributed by atoms with E-state index in [0.29, 0.717) is 17.7 Å². The smallest absolute Gasteiger partial charge is 0.251 e. The summed E-state index contributed by atoms with van der Waals surface area (Å²) >= 11 is 0. The Kier molecular flexibility index (Phi) is 3.86. The molecule has 0 saturated heterocycles. The normalized spacial score (nSPS) is 20.0. The van der Waals surface area contributed by atoms with Crippen LogP contribution in [0.5, 0.6) is 11.5 Å². The average molecular weight is 370 g/mol.